The average Bonchev–Trinajstić information content (AvgIpc) is 3.65. The summed E-state index contributed by atoms with van der Waals surface area (Å²) in [4.78, 5) is 2.43. The monoisotopic (exact) mass is 689 g/mol. The van der Waals surface area contributed by atoms with Crippen molar-refractivity contribution in [3.63, 3.8) is 0 Å². The Morgan fingerprint density at radius 3 is 1.74 bits per heavy atom. The Morgan fingerprint density at radius 1 is 0.333 bits per heavy atom. The summed E-state index contributed by atoms with van der Waals surface area (Å²) < 4.78 is 6.79. The van der Waals surface area contributed by atoms with E-state index in [1.165, 1.54) is 33.0 Å². The van der Waals surface area contributed by atoms with E-state index in [1.807, 2.05) is 6.07 Å². The topological polar surface area (TPSA) is 16.4 Å². The van der Waals surface area contributed by atoms with E-state index in [1.54, 1.807) is 0 Å². The Kier molecular flexibility index (Phi) is 7.85. The van der Waals surface area contributed by atoms with E-state index in [9.17, 15) is 0 Å². The Bertz CT molecular complexity index is 2940. The molecule has 0 amide bonds. The van der Waals surface area contributed by atoms with Gasteiger partial charge in [0.1, 0.15) is 11.2 Å². The number of para-hydroxylation sites is 2. The normalized spacial score (nSPS) is 11.3. The van der Waals surface area contributed by atoms with E-state index in [0.29, 0.717) is 0 Å². The molecule has 10 rings (SSSR count). The van der Waals surface area contributed by atoms with Gasteiger partial charge < -0.3 is 9.32 Å². The lowest BCUT2D eigenvalue weighted by molar-refractivity contribution is 0.670. The molecule has 0 radical (unpaired) electrons. The van der Waals surface area contributed by atoms with Crippen molar-refractivity contribution in [2.45, 2.75) is 0 Å². The summed E-state index contributed by atoms with van der Waals surface area (Å²) in [5.74, 6) is 0. The van der Waals surface area contributed by atoms with Gasteiger partial charge in [0.05, 0.1) is 16.8 Å². The van der Waals surface area contributed by atoms with Gasteiger partial charge in [-0.05, 0) is 86.6 Å². The van der Waals surface area contributed by atoms with Crippen LogP contribution in [0.1, 0.15) is 0 Å². The van der Waals surface area contributed by atoms with E-state index < -0.39 is 0 Å². The quantitative estimate of drug-likeness (QED) is 0.166. The van der Waals surface area contributed by atoms with Crippen LogP contribution in [0.4, 0.5) is 17.1 Å². The molecule has 2 nitrogen and oxygen atoms in total. The fraction of sp³-hybridized carbons (Fsp3) is 0. The highest BCUT2D eigenvalue weighted by Crippen LogP contribution is 2.49. The van der Waals surface area contributed by atoms with Gasteiger partial charge in [0, 0.05) is 22.2 Å². The van der Waals surface area contributed by atoms with Crippen LogP contribution in [0.5, 0.6) is 0 Å². The summed E-state index contributed by atoms with van der Waals surface area (Å²) in [5, 5.41) is 4.60. The van der Waals surface area contributed by atoms with Crippen molar-refractivity contribution < 1.29 is 4.42 Å². The van der Waals surface area contributed by atoms with Crippen molar-refractivity contribution in [2.75, 3.05) is 4.90 Å². The first-order valence-corrected chi connectivity index (χ1v) is 18.4. The van der Waals surface area contributed by atoms with Crippen LogP contribution in [0.15, 0.2) is 217 Å². The maximum absolute atomic E-state index is 6.79. The molecule has 0 unspecified atom stereocenters. The van der Waals surface area contributed by atoms with Crippen molar-refractivity contribution in [3.05, 3.63) is 212 Å². The first-order valence-electron chi connectivity index (χ1n) is 18.4. The first-order chi connectivity index (χ1) is 26.8. The maximum atomic E-state index is 6.79. The molecule has 2 heteroatoms. The van der Waals surface area contributed by atoms with Crippen LogP contribution >= 0.6 is 0 Å². The predicted molar refractivity (Wildman–Crippen MR) is 228 cm³/mol. The lowest BCUT2D eigenvalue weighted by atomic mass is 9.95. The van der Waals surface area contributed by atoms with Gasteiger partial charge in [-0.1, -0.05) is 170 Å². The van der Waals surface area contributed by atoms with Gasteiger partial charge in [-0.15, -0.1) is 0 Å². The Balaban J connectivity index is 1.25. The van der Waals surface area contributed by atoms with E-state index in [2.05, 4.69) is 211 Å². The van der Waals surface area contributed by atoms with E-state index >= 15 is 0 Å². The molecule has 0 bridgehead atoms. The molecule has 1 aromatic heterocycles. The third kappa shape index (κ3) is 5.53. The summed E-state index contributed by atoms with van der Waals surface area (Å²) in [5.41, 5.74) is 14.2. The number of furan rings is 1. The molecule has 0 aliphatic carbocycles. The number of fused-ring (bicyclic) bond motifs is 4. The molecule has 1 heterocycles. The highest BCUT2D eigenvalue weighted by molar-refractivity contribution is 6.17. The van der Waals surface area contributed by atoms with E-state index in [0.717, 1.165) is 61.3 Å². The molecule has 0 saturated heterocycles. The van der Waals surface area contributed by atoms with E-state index in [-0.39, 0.29) is 0 Å². The van der Waals surface area contributed by atoms with Crippen LogP contribution in [0.25, 0.3) is 77.2 Å². The van der Waals surface area contributed by atoms with Crippen LogP contribution in [-0.2, 0) is 0 Å². The van der Waals surface area contributed by atoms with Gasteiger partial charge in [-0.3, -0.25) is 0 Å². The zero-order chi connectivity index (χ0) is 35.8. The minimum absolute atomic E-state index is 0.867. The number of anilines is 3. The summed E-state index contributed by atoms with van der Waals surface area (Å²) in [6.07, 6.45) is 0. The molecule has 9 aromatic carbocycles. The Labute approximate surface area is 314 Å². The summed E-state index contributed by atoms with van der Waals surface area (Å²) >= 11 is 0. The minimum atomic E-state index is 0.867. The van der Waals surface area contributed by atoms with Crippen molar-refractivity contribution in [1.29, 1.82) is 0 Å². The SMILES string of the molecule is c1ccc(-c2cccc(-c3cccc(N(c4ccccc4-c4cccc5ccccc45)c4ccc(-c5ccccc5)c5oc6ccccc6c45)c3)c2)cc1. The molecule has 0 spiro atoms. The third-order valence-electron chi connectivity index (χ3n) is 10.5. The molecule has 0 fully saturated rings. The van der Waals surface area contributed by atoms with Crippen molar-refractivity contribution in [3.8, 4) is 44.5 Å². The molecule has 0 aliphatic rings. The van der Waals surface area contributed by atoms with Gasteiger partial charge in [-0.25, -0.2) is 0 Å². The Morgan fingerprint density at radius 2 is 0.907 bits per heavy atom. The second-order valence-corrected chi connectivity index (χ2v) is 13.7. The first kappa shape index (κ1) is 31.6. The largest absolute Gasteiger partial charge is 0.455 e. The van der Waals surface area contributed by atoms with Crippen LogP contribution in [0.3, 0.4) is 0 Å². The number of rotatable bonds is 7. The Hall–Kier alpha value is -7.16. The second kappa shape index (κ2) is 13.4. The third-order valence-corrected chi connectivity index (χ3v) is 10.5. The summed E-state index contributed by atoms with van der Waals surface area (Å²) in [6, 6.07) is 75.8. The molecule has 54 heavy (non-hydrogen) atoms. The predicted octanol–water partition coefficient (Wildman–Crippen LogP) is 14.9. The summed E-state index contributed by atoms with van der Waals surface area (Å²) in [7, 11) is 0. The van der Waals surface area contributed by atoms with E-state index in [4.69, 9.17) is 4.42 Å². The van der Waals surface area contributed by atoms with Gasteiger partial charge in [0.15, 0.2) is 0 Å². The minimum Gasteiger partial charge on any atom is -0.455 e. The molecule has 0 saturated carbocycles. The van der Waals surface area contributed by atoms with Crippen LogP contribution in [0, 0.1) is 0 Å². The molecule has 0 N–H and O–H groups in total. The van der Waals surface area contributed by atoms with Gasteiger partial charge in [0.2, 0.25) is 0 Å². The van der Waals surface area contributed by atoms with Crippen molar-refractivity contribution >= 4 is 49.8 Å². The van der Waals surface area contributed by atoms with Gasteiger partial charge >= 0.3 is 0 Å². The molecule has 0 atom stereocenters. The summed E-state index contributed by atoms with van der Waals surface area (Å²) in [6.45, 7) is 0. The molecule has 254 valence electrons. The number of hydrogen-bond acceptors (Lipinski definition) is 2. The number of hydrogen-bond donors (Lipinski definition) is 0. The number of nitrogens with zero attached hydrogens (tertiary/aromatic N) is 1. The fourth-order valence-electron chi connectivity index (χ4n) is 7.94. The van der Waals surface area contributed by atoms with Crippen molar-refractivity contribution in [1.82, 2.24) is 0 Å². The van der Waals surface area contributed by atoms with Gasteiger partial charge in [-0.2, -0.15) is 0 Å². The van der Waals surface area contributed by atoms with Crippen LogP contribution in [-0.4, -0.2) is 0 Å². The van der Waals surface area contributed by atoms with Crippen LogP contribution < -0.4 is 4.90 Å². The standard InChI is InChI=1S/C52H35NO/c1-3-16-36(17-4-1)39-22-13-23-40(34-39)41-24-14-25-42(35-41)53(48-30-11-9-27-46(48)45-29-15-21-37-20-7-8-26-43(37)45)49-33-32-44(38-18-5-2-6-19-38)52-51(49)47-28-10-12-31-50(47)54-52/h1-35H. The smallest absolute Gasteiger partial charge is 0.145 e. The highest BCUT2D eigenvalue weighted by atomic mass is 16.3. The molecular formula is C52H35NO. The maximum Gasteiger partial charge on any atom is 0.145 e. The average molecular weight is 690 g/mol. The molecular weight excluding hydrogens is 655 g/mol. The highest BCUT2D eigenvalue weighted by Gasteiger charge is 2.24. The van der Waals surface area contributed by atoms with Crippen LogP contribution in [0.2, 0.25) is 0 Å². The fourth-order valence-corrected chi connectivity index (χ4v) is 7.94. The molecule has 10 aromatic rings. The zero-order valence-corrected chi connectivity index (χ0v) is 29.6. The van der Waals surface area contributed by atoms with Gasteiger partial charge in [0.25, 0.3) is 0 Å². The number of benzene rings is 9. The van der Waals surface area contributed by atoms with Crippen molar-refractivity contribution in [2.24, 2.45) is 0 Å². The molecule has 0 aliphatic heterocycles. The second-order valence-electron chi connectivity index (χ2n) is 13.7. The lowest BCUT2D eigenvalue weighted by Crippen LogP contribution is -2.12. The zero-order valence-electron chi connectivity index (χ0n) is 29.6. The lowest BCUT2D eigenvalue weighted by Gasteiger charge is -2.29.